The maximum atomic E-state index is 12.1. The second-order valence-electron chi connectivity index (χ2n) is 11.8. The van der Waals surface area contributed by atoms with Gasteiger partial charge in [-0.25, -0.2) is 4.79 Å². The van der Waals surface area contributed by atoms with Crippen LogP contribution in [0.2, 0.25) is 0 Å². The van der Waals surface area contributed by atoms with Crippen LogP contribution in [0.25, 0.3) is 0 Å². The molecule has 0 aromatic carbocycles. The van der Waals surface area contributed by atoms with Crippen LogP contribution in [-0.2, 0) is 19.2 Å². The minimum atomic E-state index is -1.24. The molecule has 4 aliphatic carbocycles. The standard InChI is InChI=1S/C28H39N3O6/c1-4-28(36)14-11-21-19-6-5-17-15-18(9-12-26(17,2)20(19)10-13-27(21,28)3)31-37-16-24(33)30-22(25(34)35)7-8-23(29)32/h1,15,19-22,36H,5-14,16H2,2-3H3,(H2,29,32)(H,30,33)(H,34,35)/b31-18+/t19-,20-,21+,22-,26-,27-,28+/m0/s1. The first kappa shape index (κ1) is 27.2. The van der Waals surface area contributed by atoms with Crippen molar-refractivity contribution in [2.45, 2.75) is 89.7 Å². The molecule has 0 saturated heterocycles. The first-order valence-electron chi connectivity index (χ1n) is 13.3. The molecule has 0 unspecified atom stereocenters. The topological polar surface area (TPSA) is 151 Å². The molecular formula is C28H39N3O6. The van der Waals surface area contributed by atoms with E-state index in [1.54, 1.807) is 0 Å². The number of carbonyl (C=O) groups is 3. The quantitative estimate of drug-likeness (QED) is 0.289. The van der Waals surface area contributed by atoms with E-state index in [1.807, 2.05) is 0 Å². The van der Waals surface area contributed by atoms with Crippen LogP contribution < -0.4 is 11.1 Å². The van der Waals surface area contributed by atoms with Crippen molar-refractivity contribution in [3.8, 4) is 12.3 Å². The predicted octanol–water partition coefficient (Wildman–Crippen LogP) is 2.52. The minimum absolute atomic E-state index is 0.0760. The molecule has 7 atom stereocenters. The molecule has 9 nitrogen and oxygen atoms in total. The van der Waals surface area contributed by atoms with Crippen molar-refractivity contribution in [2.24, 2.45) is 39.5 Å². The van der Waals surface area contributed by atoms with E-state index in [9.17, 15) is 24.6 Å². The van der Waals surface area contributed by atoms with Gasteiger partial charge in [0.2, 0.25) is 5.91 Å². The summed E-state index contributed by atoms with van der Waals surface area (Å²) < 4.78 is 0. The van der Waals surface area contributed by atoms with Gasteiger partial charge >= 0.3 is 5.97 Å². The highest BCUT2D eigenvalue weighted by atomic mass is 16.6. The zero-order chi connectivity index (χ0) is 27.0. The van der Waals surface area contributed by atoms with E-state index in [-0.39, 0.29) is 23.7 Å². The van der Waals surface area contributed by atoms with Gasteiger partial charge in [0, 0.05) is 11.8 Å². The average Bonchev–Trinajstić information content (AvgIpc) is 3.12. The molecule has 2 amide bonds. The molecule has 0 bridgehead atoms. The summed E-state index contributed by atoms with van der Waals surface area (Å²) in [6.45, 7) is 4.15. The zero-order valence-corrected chi connectivity index (χ0v) is 21.8. The SMILES string of the molecule is C#C[C@@]1(O)CC[C@@H]2[C@H]3CCC4=C/C(=N/OCC(=O)N[C@@H](CCC(N)=O)C(=O)O)CC[C@]4(C)[C@H]3CC[C@@]21C. The van der Waals surface area contributed by atoms with Crippen molar-refractivity contribution in [3.05, 3.63) is 11.6 Å². The Hall–Kier alpha value is -2.86. The van der Waals surface area contributed by atoms with Crippen LogP contribution in [-0.4, -0.2) is 52.0 Å². The van der Waals surface area contributed by atoms with Gasteiger partial charge in [-0.15, -0.1) is 6.42 Å². The van der Waals surface area contributed by atoms with Crippen molar-refractivity contribution >= 4 is 23.5 Å². The van der Waals surface area contributed by atoms with Crippen molar-refractivity contribution in [2.75, 3.05) is 6.61 Å². The number of terminal acetylenes is 1. The largest absolute Gasteiger partial charge is 0.480 e. The van der Waals surface area contributed by atoms with Gasteiger partial charge in [-0.3, -0.25) is 9.59 Å². The molecule has 0 radical (unpaired) electrons. The summed E-state index contributed by atoms with van der Waals surface area (Å²) in [5, 5.41) is 26.9. The number of primary amides is 1. The summed E-state index contributed by atoms with van der Waals surface area (Å²) >= 11 is 0. The highest BCUT2D eigenvalue weighted by molar-refractivity contribution is 5.96. The van der Waals surface area contributed by atoms with Crippen LogP contribution in [0.3, 0.4) is 0 Å². The van der Waals surface area contributed by atoms with Gasteiger partial charge in [-0.1, -0.05) is 30.5 Å². The third-order valence-corrected chi connectivity index (χ3v) is 10.1. The van der Waals surface area contributed by atoms with E-state index in [0.717, 1.165) is 50.7 Å². The van der Waals surface area contributed by atoms with Gasteiger partial charge in [0.05, 0.1) is 5.71 Å². The van der Waals surface area contributed by atoms with Gasteiger partial charge in [0.15, 0.2) is 6.61 Å². The fourth-order valence-corrected chi connectivity index (χ4v) is 7.85. The summed E-state index contributed by atoms with van der Waals surface area (Å²) in [7, 11) is 0. The lowest BCUT2D eigenvalue weighted by atomic mass is 9.46. The summed E-state index contributed by atoms with van der Waals surface area (Å²) in [5.74, 6) is 1.80. The number of aliphatic carboxylic acids is 1. The fourth-order valence-electron chi connectivity index (χ4n) is 7.85. The molecule has 0 aromatic rings. The lowest BCUT2D eigenvalue weighted by molar-refractivity contribution is -0.142. The van der Waals surface area contributed by atoms with Crippen molar-refractivity contribution in [3.63, 3.8) is 0 Å². The Labute approximate surface area is 218 Å². The molecule has 9 heteroatoms. The Morgan fingerprint density at radius 3 is 2.62 bits per heavy atom. The number of oxime groups is 1. The number of hydrogen-bond donors (Lipinski definition) is 4. The molecule has 0 heterocycles. The number of nitrogens with two attached hydrogens (primary N) is 1. The molecule has 5 N–H and O–H groups in total. The highest BCUT2D eigenvalue weighted by Crippen LogP contribution is 2.67. The third kappa shape index (κ3) is 4.88. The third-order valence-electron chi connectivity index (χ3n) is 10.1. The summed E-state index contributed by atoms with van der Waals surface area (Å²) in [6.07, 6.45) is 15.1. The Morgan fingerprint density at radius 1 is 1.22 bits per heavy atom. The van der Waals surface area contributed by atoms with Gasteiger partial charge in [-0.05, 0) is 87.0 Å². The van der Waals surface area contributed by atoms with Crippen LogP contribution in [0.1, 0.15) is 78.1 Å². The van der Waals surface area contributed by atoms with Gasteiger partial charge < -0.3 is 26.1 Å². The van der Waals surface area contributed by atoms with E-state index in [4.69, 9.17) is 17.0 Å². The molecule has 4 rings (SSSR count). The molecule has 4 aliphatic rings. The van der Waals surface area contributed by atoms with Crippen LogP contribution in [0.4, 0.5) is 0 Å². The Morgan fingerprint density at radius 2 is 1.95 bits per heavy atom. The number of hydrogen-bond acceptors (Lipinski definition) is 6. The Bertz CT molecular complexity index is 1060. The first-order chi connectivity index (χ1) is 17.4. The molecule has 3 saturated carbocycles. The molecule has 0 aromatic heterocycles. The maximum absolute atomic E-state index is 12.1. The zero-order valence-electron chi connectivity index (χ0n) is 21.8. The van der Waals surface area contributed by atoms with Gasteiger partial charge in [0.25, 0.3) is 5.91 Å². The number of aliphatic hydroxyl groups is 1. The van der Waals surface area contributed by atoms with Crippen LogP contribution in [0.5, 0.6) is 0 Å². The lowest BCUT2D eigenvalue weighted by Gasteiger charge is -2.58. The van der Waals surface area contributed by atoms with E-state index in [1.165, 1.54) is 5.57 Å². The summed E-state index contributed by atoms with van der Waals surface area (Å²) in [4.78, 5) is 39.6. The predicted molar refractivity (Wildman–Crippen MR) is 137 cm³/mol. The van der Waals surface area contributed by atoms with Gasteiger partial charge in [-0.2, -0.15) is 0 Å². The van der Waals surface area contributed by atoms with Crippen molar-refractivity contribution < 1.29 is 29.4 Å². The number of allylic oxidation sites excluding steroid dienone is 2. The highest BCUT2D eigenvalue weighted by Gasteiger charge is 2.63. The minimum Gasteiger partial charge on any atom is -0.480 e. The van der Waals surface area contributed by atoms with Gasteiger partial charge in [0.1, 0.15) is 11.6 Å². The molecule has 202 valence electrons. The summed E-state index contributed by atoms with van der Waals surface area (Å²) in [6, 6.07) is -1.21. The number of carbonyl (C=O) groups excluding carboxylic acids is 2. The van der Waals surface area contributed by atoms with Crippen molar-refractivity contribution in [1.29, 1.82) is 0 Å². The number of nitrogens with one attached hydrogen (secondary N) is 1. The van der Waals surface area contributed by atoms with E-state index in [0.29, 0.717) is 24.2 Å². The second-order valence-corrected chi connectivity index (χ2v) is 11.8. The number of rotatable bonds is 8. The van der Waals surface area contributed by atoms with Crippen LogP contribution in [0.15, 0.2) is 16.8 Å². The number of carboxylic acid groups (broad SMARTS) is 1. The normalized spacial score (nSPS) is 38.3. The monoisotopic (exact) mass is 513 g/mol. The average molecular weight is 514 g/mol. The van der Waals surface area contributed by atoms with E-state index in [2.05, 4.69) is 36.3 Å². The number of amides is 2. The number of nitrogens with zero attached hydrogens (tertiary/aromatic N) is 1. The summed E-state index contributed by atoms with van der Waals surface area (Å²) in [5.41, 5.74) is 6.08. The van der Waals surface area contributed by atoms with Crippen LogP contribution >= 0.6 is 0 Å². The molecule has 0 aliphatic heterocycles. The number of carboxylic acids is 1. The second kappa shape index (κ2) is 10.1. The van der Waals surface area contributed by atoms with E-state index < -0.39 is 36.0 Å². The lowest BCUT2D eigenvalue weighted by Crippen LogP contribution is -2.54. The molecule has 3 fully saturated rings. The Kier molecular flexibility index (Phi) is 7.44. The van der Waals surface area contributed by atoms with E-state index >= 15 is 0 Å². The number of fused-ring (bicyclic) bond motifs is 5. The van der Waals surface area contributed by atoms with Crippen LogP contribution in [0, 0.1) is 40.9 Å². The van der Waals surface area contributed by atoms with Crippen molar-refractivity contribution in [1.82, 2.24) is 5.32 Å². The maximum Gasteiger partial charge on any atom is 0.326 e. The molecule has 0 spiro atoms. The smallest absolute Gasteiger partial charge is 0.326 e. The molecular weight excluding hydrogens is 474 g/mol. The fraction of sp³-hybridized carbons (Fsp3) is 0.714. The first-order valence-corrected chi connectivity index (χ1v) is 13.3. The molecule has 37 heavy (non-hydrogen) atoms. The Balaban J connectivity index is 1.37.